The van der Waals surface area contributed by atoms with E-state index >= 15 is 0 Å². The van der Waals surface area contributed by atoms with E-state index in [0.29, 0.717) is 5.75 Å². The van der Waals surface area contributed by atoms with E-state index in [0.717, 1.165) is 15.6 Å². The van der Waals surface area contributed by atoms with Gasteiger partial charge in [0.2, 0.25) is 5.91 Å². The number of primary amides is 1. The second-order valence-corrected chi connectivity index (χ2v) is 6.35. The van der Waals surface area contributed by atoms with E-state index in [1.807, 2.05) is 31.2 Å². The molecule has 0 aromatic heterocycles. The fourth-order valence-corrected chi connectivity index (χ4v) is 2.36. The van der Waals surface area contributed by atoms with Crippen molar-refractivity contribution in [3.63, 3.8) is 0 Å². The van der Waals surface area contributed by atoms with Crippen LogP contribution in [0.25, 0.3) is 6.08 Å². The number of benzene rings is 2. The predicted molar refractivity (Wildman–Crippen MR) is 101 cm³/mol. The standard InChI is InChI=1S/C19H19BrN2O3/c1-13(15-5-7-16(20)8-6-15)22-19(24)11-4-14-2-9-17(10-3-14)25-12-18(21)23/h2-11,13H,12H2,1H3,(H2,21,23)(H,22,24)/b11-4+. The summed E-state index contributed by atoms with van der Waals surface area (Å²) in [5.41, 5.74) is 6.89. The van der Waals surface area contributed by atoms with Crippen LogP contribution in [0, 0.1) is 0 Å². The molecule has 0 spiro atoms. The Hall–Kier alpha value is -2.60. The van der Waals surface area contributed by atoms with Crippen LogP contribution in [0.5, 0.6) is 5.75 Å². The zero-order valence-corrected chi connectivity index (χ0v) is 15.3. The third-order valence-corrected chi connectivity index (χ3v) is 3.95. The summed E-state index contributed by atoms with van der Waals surface area (Å²) in [5.74, 6) is -0.158. The van der Waals surface area contributed by atoms with Gasteiger partial charge < -0.3 is 15.8 Å². The Morgan fingerprint density at radius 1 is 1.16 bits per heavy atom. The fourth-order valence-electron chi connectivity index (χ4n) is 2.10. The van der Waals surface area contributed by atoms with Gasteiger partial charge in [-0.15, -0.1) is 0 Å². The van der Waals surface area contributed by atoms with Gasteiger partial charge in [0, 0.05) is 10.5 Å². The summed E-state index contributed by atoms with van der Waals surface area (Å²) in [5, 5.41) is 2.91. The molecule has 0 saturated heterocycles. The number of carbonyl (C=O) groups is 2. The number of halogens is 1. The summed E-state index contributed by atoms with van der Waals surface area (Å²) in [6.07, 6.45) is 3.19. The molecule has 0 bridgehead atoms. The molecule has 2 rings (SSSR count). The van der Waals surface area contributed by atoms with Crippen molar-refractivity contribution in [1.82, 2.24) is 5.32 Å². The van der Waals surface area contributed by atoms with Crippen molar-refractivity contribution in [3.05, 3.63) is 70.2 Å². The van der Waals surface area contributed by atoms with Crippen molar-refractivity contribution in [1.29, 1.82) is 0 Å². The third-order valence-electron chi connectivity index (χ3n) is 3.42. The Morgan fingerprint density at radius 2 is 1.80 bits per heavy atom. The van der Waals surface area contributed by atoms with Gasteiger partial charge in [-0.25, -0.2) is 0 Å². The van der Waals surface area contributed by atoms with Crippen molar-refractivity contribution >= 4 is 33.8 Å². The highest BCUT2D eigenvalue weighted by molar-refractivity contribution is 9.10. The minimum atomic E-state index is -0.527. The second-order valence-electron chi connectivity index (χ2n) is 5.44. The largest absolute Gasteiger partial charge is 0.484 e. The first-order valence-corrected chi connectivity index (χ1v) is 8.48. The van der Waals surface area contributed by atoms with Crippen molar-refractivity contribution in [3.8, 4) is 5.75 Å². The molecule has 1 atom stereocenters. The molecule has 3 N–H and O–H groups in total. The molecule has 0 radical (unpaired) electrons. The first-order valence-electron chi connectivity index (χ1n) is 7.69. The second kappa shape index (κ2) is 9.03. The molecular formula is C19H19BrN2O3. The number of ether oxygens (including phenoxy) is 1. The molecule has 1 unspecified atom stereocenters. The summed E-state index contributed by atoms with van der Waals surface area (Å²) < 4.78 is 6.17. The molecule has 2 aromatic rings. The van der Waals surface area contributed by atoms with Gasteiger partial charge in [-0.2, -0.15) is 0 Å². The Labute approximate surface area is 155 Å². The zero-order valence-electron chi connectivity index (χ0n) is 13.7. The lowest BCUT2D eigenvalue weighted by molar-refractivity contribution is -0.120. The number of rotatable bonds is 7. The number of amides is 2. The third kappa shape index (κ3) is 6.43. The molecule has 0 aliphatic heterocycles. The predicted octanol–water partition coefficient (Wildman–Crippen LogP) is 3.20. The van der Waals surface area contributed by atoms with E-state index in [-0.39, 0.29) is 18.6 Å². The number of hydrogen-bond acceptors (Lipinski definition) is 3. The summed E-state index contributed by atoms with van der Waals surface area (Å²) in [7, 11) is 0. The zero-order chi connectivity index (χ0) is 18.2. The quantitative estimate of drug-likeness (QED) is 0.697. The van der Waals surface area contributed by atoms with Gasteiger partial charge in [-0.3, -0.25) is 9.59 Å². The van der Waals surface area contributed by atoms with Crippen molar-refractivity contribution in [2.24, 2.45) is 5.73 Å². The molecular weight excluding hydrogens is 384 g/mol. The van der Waals surface area contributed by atoms with Crippen molar-refractivity contribution in [2.45, 2.75) is 13.0 Å². The Kier molecular flexibility index (Phi) is 6.77. The van der Waals surface area contributed by atoms with Crippen LogP contribution in [-0.2, 0) is 9.59 Å². The van der Waals surface area contributed by atoms with Gasteiger partial charge in [-0.05, 0) is 48.4 Å². The van der Waals surface area contributed by atoms with Crippen LogP contribution in [0.4, 0.5) is 0 Å². The first kappa shape index (κ1) is 18.7. The lowest BCUT2D eigenvalue weighted by Gasteiger charge is -2.12. The van der Waals surface area contributed by atoms with Gasteiger partial charge in [-0.1, -0.05) is 40.2 Å². The van der Waals surface area contributed by atoms with Crippen LogP contribution in [-0.4, -0.2) is 18.4 Å². The lowest BCUT2D eigenvalue weighted by atomic mass is 10.1. The van der Waals surface area contributed by atoms with Crippen LogP contribution in [0.2, 0.25) is 0 Å². The molecule has 25 heavy (non-hydrogen) atoms. The fraction of sp³-hybridized carbons (Fsp3) is 0.158. The van der Waals surface area contributed by atoms with Crippen molar-refractivity contribution in [2.75, 3.05) is 6.61 Å². The van der Waals surface area contributed by atoms with Gasteiger partial charge in [0.1, 0.15) is 5.75 Å². The van der Waals surface area contributed by atoms with Crippen LogP contribution in [0.3, 0.4) is 0 Å². The molecule has 5 nitrogen and oxygen atoms in total. The molecule has 2 amide bonds. The molecule has 130 valence electrons. The van der Waals surface area contributed by atoms with Crippen LogP contribution in [0.1, 0.15) is 24.1 Å². The van der Waals surface area contributed by atoms with Gasteiger partial charge in [0.25, 0.3) is 5.91 Å². The summed E-state index contributed by atoms with van der Waals surface area (Å²) in [4.78, 5) is 22.7. The summed E-state index contributed by atoms with van der Waals surface area (Å²) in [6.45, 7) is 1.77. The van der Waals surface area contributed by atoms with E-state index in [1.165, 1.54) is 6.08 Å². The smallest absolute Gasteiger partial charge is 0.255 e. The summed E-state index contributed by atoms with van der Waals surface area (Å²) >= 11 is 3.39. The van der Waals surface area contributed by atoms with Crippen LogP contribution < -0.4 is 15.8 Å². The topological polar surface area (TPSA) is 81.4 Å². The minimum absolute atomic E-state index is 0.0881. The van der Waals surface area contributed by atoms with Gasteiger partial charge in [0.15, 0.2) is 6.61 Å². The molecule has 2 aromatic carbocycles. The summed E-state index contributed by atoms with van der Waals surface area (Å²) in [6, 6.07) is 14.7. The molecule has 0 fully saturated rings. The molecule has 0 saturated carbocycles. The van der Waals surface area contributed by atoms with E-state index < -0.39 is 5.91 Å². The average Bonchev–Trinajstić information content (AvgIpc) is 2.59. The maximum Gasteiger partial charge on any atom is 0.255 e. The highest BCUT2D eigenvalue weighted by atomic mass is 79.9. The molecule has 0 aliphatic rings. The number of nitrogens with two attached hydrogens (primary N) is 1. The van der Waals surface area contributed by atoms with Crippen molar-refractivity contribution < 1.29 is 14.3 Å². The highest BCUT2D eigenvalue weighted by Crippen LogP contribution is 2.17. The first-order chi connectivity index (χ1) is 11.9. The Balaban J connectivity index is 1.88. The van der Waals surface area contributed by atoms with E-state index in [4.69, 9.17) is 10.5 Å². The maximum absolute atomic E-state index is 12.0. The van der Waals surface area contributed by atoms with Gasteiger partial charge in [0.05, 0.1) is 6.04 Å². The van der Waals surface area contributed by atoms with Gasteiger partial charge >= 0.3 is 0 Å². The monoisotopic (exact) mass is 402 g/mol. The van der Waals surface area contributed by atoms with E-state index in [1.54, 1.807) is 30.3 Å². The normalized spacial score (nSPS) is 11.9. The number of nitrogens with one attached hydrogen (secondary N) is 1. The molecule has 6 heteroatoms. The average molecular weight is 403 g/mol. The molecule has 0 aliphatic carbocycles. The SMILES string of the molecule is CC(NC(=O)/C=C/c1ccc(OCC(N)=O)cc1)c1ccc(Br)cc1. The van der Waals surface area contributed by atoms with E-state index in [9.17, 15) is 9.59 Å². The lowest BCUT2D eigenvalue weighted by Crippen LogP contribution is -2.24. The maximum atomic E-state index is 12.0. The number of carbonyl (C=O) groups excluding carboxylic acids is 2. The Bertz CT molecular complexity index is 755. The molecule has 0 heterocycles. The minimum Gasteiger partial charge on any atom is -0.484 e. The Morgan fingerprint density at radius 3 is 2.40 bits per heavy atom. The van der Waals surface area contributed by atoms with E-state index in [2.05, 4.69) is 21.2 Å². The highest BCUT2D eigenvalue weighted by Gasteiger charge is 2.07. The van der Waals surface area contributed by atoms with Crippen LogP contribution in [0.15, 0.2) is 59.1 Å². The number of hydrogen-bond donors (Lipinski definition) is 2. The van der Waals surface area contributed by atoms with Crippen LogP contribution >= 0.6 is 15.9 Å².